The number of aromatic carboxylic acids is 1. The number of rotatable bonds is 8. The van der Waals surface area contributed by atoms with E-state index in [0.29, 0.717) is 11.6 Å². The third kappa shape index (κ3) is 4.81. The number of anilines is 2. The second-order valence-corrected chi connectivity index (χ2v) is 4.90. The minimum Gasteiger partial charge on any atom is -0.478 e. The largest absolute Gasteiger partial charge is 0.478 e. The van der Waals surface area contributed by atoms with Gasteiger partial charge in [0.15, 0.2) is 0 Å². The van der Waals surface area contributed by atoms with Crippen molar-refractivity contribution >= 4 is 17.3 Å². The Labute approximate surface area is 115 Å². The molecular weight excluding hydrogens is 240 g/mol. The van der Waals surface area contributed by atoms with Crippen LogP contribution >= 0.6 is 0 Å². The summed E-state index contributed by atoms with van der Waals surface area (Å²) in [4.78, 5) is 10.8. The van der Waals surface area contributed by atoms with Gasteiger partial charge in [-0.3, -0.25) is 0 Å². The summed E-state index contributed by atoms with van der Waals surface area (Å²) in [5.41, 5.74) is 7.39. The van der Waals surface area contributed by atoms with Gasteiger partial charge in [0.25, 0.3) is 0 Å². The first-order valence-electron chi connectivity index (χ1n) is 6.95. The minimum absolute atomic E-state index is 0.223. The van der Waals surface area contributed by atoms with Crippen LogP contribution in [-0.2, 0) is 0 Å². The van der Waals surface area contributed by atoms with Crippen molar-refractivity contribution in [2.75, 3.05) is 17.6 Å². The lowest BCUT2D eigenvalue weighted by Gasteiger charge is -2.17. The van der Waals surface area contributed by atoms with Gasteiger partial charge in [-0.2, -0.15) is 0 Å². The first-order chi connectivity index (χ1) is 9.08. The number of carbonyl (C=O) groups is 1. The number of hydrogen-bond acceptors (Lipinski definition) is 3. The monoisotopic (exact) mass is 264 g/mol. The summed E-state index contributed by atoms with van der Waals surface area (Å²) in [6, 6.07) is 4.82. The van der Waals surface area contributed by atoms with Crippen molar-refractivity contribution in [1.82, 2.24) is 0 Å². The third-order valence-electron chi connectivity index (χ3n) is 3.42. The Hall–Kier alpha value is -1.71. The molecule has 0 aliphatic heterocycles. The Balaban J connectivity index is 2.59. The van der Waals surface area contributed by atoms with Crippen molar-refractivity contribution in [3.63, 3.8) is 0 Å². The van der Waals surface area contributed by atoms with E-state index in [9.17, 15) is 4.79 Å². The molecule has 1 aromatic rings. The van der Waals surface area contributed by atoms with Crippen molar-refractivity contribution in [3.8, 4) is 0 Å². The van der Waals surface area contributed by atoms with Gasteiger partial charge in [0, 0.05) is 6.54 Å². The van der Waals surface area contributed by atoms with E-state index in [4.69, 9.17) is 10.8 Å². The van der Waals surface area contributed by atoms with E-state index in [1.807, 2.05) is 0 Å². The fourth-order valence-corrected chi connectivity index (χ4v) is 2.05. The Bertz CT molecular complexity index is 419. The summed E-state index contributed by atoms with van der Waals surface area (Å²) in [5, 5.41) is 12.2. The smallest absolute Gasteiger partial charge is 0.335 e. The molecule has 1 atom stereocenters. The fourth-order valence-electron chi connectivity index (χ4n) is 2.05. The molecule has 1 aromatic carbocycles. The fraction of sp³-hybridized carbons (Fsp3) is 0.533. The van der Waals surface area contributed by atoms with Gasteiger partial charge < -0.3 is 16.2 Å². The average molecular weight is 264 g/mol. The van der Waals surface area contributed by atoms with Crippen LogP contribution < -0.4 is 11.1 Å². The summed E-state index contributed by atoms with van der Waals surface area (Å²) in [6.07, 6.45) is 4.81. The highest BCUT2D eigenvalue weighted by atomic mass is 16.4. The Morgan fingerprint density at radius 2 is 2.16 bits per heavy atom. The lowest BCUT2D eigenvalue weighted by atomic mass is 9.99. The van der Waals surface area contributed by atoms with Gasteiger partial charge in [-0.1, -0.05) is 33.1 Å². The maximum absolute atomic E-state index is 10.8. The summed E-state index contributed by atoms with van der Waals surface area (Å²) >= 11 is 0. The first-order valence-corrected chi connectivity index (χ1v) is 6.95. The zero-order valence-corrected chi connectivity index (χ0v) is 11.8. The maximum atomic E-state index is 10.8. The van der Waals surface area contributed by atoms with E-state index < -0.39 is 5.97 Å². The van der Waals surface area contributed by atoms with Gasteiger partial charge in [0.2, 0.25) is 0 Å². The van der Waals surface area contributed by atoms with Gasteiger partial charge in [0.1, 0.15) is 0 Å². The Kier molecular flexibility index (Phi) is 6.19. The molecule has 1 unspecified atom stereocenters. The number of nitrogens with one attached hydrogen (secondary N) is 1. The van der Waals surface area contributed by atoms with Crippen LogP contribution in [0.25, 0.3) is 0 Å². The van der Waals surface area contributed by atoms with Gasteiger partial charge in [-0.05, 0) is 30.5 Å². The van der Waals surface area contributed by atoms with E-state index in [1.165, 1.54) is 25.3 Å². The van der Waals surface area contributed by atoms with Crippen LogP contribution in [0.2, 0.25) is 0 Å². The molecule has 0 saturated carbocycles. The lowest BCUT2D eigenvalue weighted by molar-refractivity contribution is 0.0697. The van der Waals surface area contributed by atoms with Gasteiger partial charge in [-0.25, -0.2) is 4.79 Å². The summed E-state index contributed by atoms with van der Waals surface area (Å²) in [7, 11) is 0. The highest BCUT2D eigenvalue weighted by Gasteiger charge is 2.09. The predicted molar refractivity (Wildman–Crippen MR) is 79.6 cm³/mol. The third-order valence-corrected chi connectivity index (χ3v) is 3.42. The van der Waals surface area contributed by atoms with Crippen LogP contribution in [0.15, 0.2) is 18.2 Å². The highest BCUT2D eigenvalue weighted by molar-refractivity contribution is 5.90. The molecule has 106 valence electrons. The van der Waals surface area contributed by atoms with Crippen molar-refractivity contribution in [2.45, 2.75) is 39.5 Å². The standard InChI is InChI=1S/C15H24N2O2/c1-3-5-6-11(4-2)10-17-14-8-7-12(15(18)19)9-13(14)16/h7-9,11,17H,3-6,10,16H2,1-2H3,(H,18,19). The SMILES string of the molecule is CCCCC(CC)CNc1ccc(C(=O)O)cc1N. The molecular formula is C15H24N2O2. The lowest BCUT2D eigenvalue weighted by Crippen LogP contribution is -2.14. The van der Waals surface area contributed by atoms with E-state index in [1.54, 1.807) is 12.1 Å². The van der Waals surface area contributed by atoms with E-state index >= 15 is 0 Å². The number of carboxylic acids is 1. The first kappa shape index (κ1) is 15.3. The average Bonchev–Trinajstić information content (AvgIpc) is 2.40. The molecule has 19 heavy (non-hydrogen) atoms. The van der Waals surface area contributed by atoms with Gasteiger partial charge in [0.05, 0.1) is 16.9 Å². The Morgan fingerprint density at radius 3 is 2.68 bits per heavy atom. The number of nitrogens with two attached hydrogens (primary N) is 1. The molecule has 0 spiro atoms. The molecule has 0 aliphatic rings. The predicted octanol–water partition coefficient (Wildman–Crippen LogP) is 3.60. The maximum Gasteiger partial charge on any atom is 0.335 e. The van der Waals surface area contributed by atoms with Crippen LogP contribution in [0.3, 0.4) is 0 Å². The van der Waals surface area contributed by atoms with E-state index in [2.05, 4.69) is 19.2 Å². The van der Waals surface area contributed by atoms with Crippen molar-refractivity contribution in [1.29, 1.82) is 0 Å². The molecule has 0 fully saturated rings. The van der Waals surface area contributed by atoms with Gasteiger partial charge in [-0.15, -0.1) is 0 Å². The van der Waals surface area contributed by atoms with Crippen molar-refractivity contribution in [2.24, 2.45) is 5.92 Å². The molecule has 0 radical (unpaired) electrons. The van der Waals surface area contributed by atoms with Gasteiger partial charge >= 0.3 is 5.97 Å². The molecule has 4 N–H and O–H groups in total. The molecule has 0 saturated heterocycles. The van der Waals surface area contributed by atoms with Crippen molar-refractivity contribution < 1.29 is 9.90 Å². The van der Waals surface area contributed by atoms with Crippen LogP contribution in [0, 0.1) is 5.92 Å². The summed E-state index contributed by atoms with van der Waals surface area (Å²) in [6.45, 7) is 5.27. The zero-order chi connectivity index (χ0) is 14.3. The molecule has 0 heterocycles. The van der Waals surface area contributed by atoms with Crippen LogP contribution in [0.1, 0.15) is 49.9 Å². The molecule has 0 amide bonds. The molecule has 0 bridgehead atoms. The van der Waals surface area contributed by atoms with Crippen LogP contribution in [-0.4, -0.2) is 17.6 Å². The van der Waals surface area contributed by atoms with Crippen LogP contribution in [0.5, 0.6) is 0 Å². The number of carboxylic acid groups (broad SMARTS) is 1. The molecule has 4 heteroatoms. The second-order valence-electron chi connectivity index (χ2n) is 4.90. The molecule has 1 rings (SSSR count). The number of hydrogen-bond donors (Lipinski definition) is 3. The summed E-state index contributed by atoms with van der Waals surface area (Å²) in [5.74, 6) is -0.314. The molecule has 4 nitrogen and oxygen atoms in total. The number of benzene rings is 1. The second kappa shape index (κ2) is 7.67. The number of nitrogen functional groups attached to an aromatic ring is 1. The normalized spacial score (nSPS) is 12.1. The highest BCUT2D eigenvalue weighted by Crippen LogP contribution is 2.21. The zero-order valence-electron chi connectivity index (χ0n) is 11.8. The quantitative estimate of drug-likeness (QED) is 0.627. The van der Waals surface area contributed by atoms with Crippen LogP contribution in [0.4, 0.5) is 11.4 Å². The number of unbranched alkanes of at least 4 members (excludes halogenated alkanes) is 1. The molecule has 0 aliphatic carbocycles. The van der Waals surface area contributed by atoms with E-state index in [-0.39, 0.29) is 5.56 Å². The Morgan fingerprint density at radius 1 is 1.42 bits per heavy atom. The van der Waals surface area contributed by atoms with E-state index in [0.717, 1.165) is 18.7 Å². The minimum atomic E-state index is -0.951. The topological polar surface area (TPSA) is 75.3 Å². The van der Waals surface area contributed by atoms with Crippen molar-refractivity contribution in [3.05, 3.63) is 23.8 Å². The molecule has 0 aromatic heterocycles. The summed E-state index contributed by atoms with van der Waals surface area (Å²) < 4.78 is 0.